The zero-order valence-electron chi connectivity index (χ0n) is 15.5. The molecule has 0 saturated heterocycles. The molecular formula is C19H21BrN4O2. The topological polar surface area (TPSA) is 60.2 Å². The molecule has 2 heterocycles. The van der Waals surface area contributed by atoms with Crippen LogP contribution in [0.5, 0.6) is 5.88 Å². The lowest BCUT2D eigenvalue weighted by molar-refractivity contribution is -0.120. The Kier molecular flexibility index (Phi) is 5.00. The number of carbonyl (C=O) groups is 1. The van der Waals surface area contributed by atoms with Crippen LogP contribution in [0.1, 0.15) is 16.8 Å². The Hall–Kier alpha value is -2.41. The second-order valence-electron chi connectivity index (χ2n) is 6.38. The fourth-order valence-corrected chi connectivity index (χ4v) is 3.11. The number of hydrogen-bond donors (Lipinski definition) is 0. The van der Waals surface area contributed by atoms with Crippen LogP contribution in [-0.2, 0) is 11.8 Å². The van der Waals surface area contributed by atoms with Crippen LogP contribution in [0, 0.1) is 20.8 Å². The molecule has 3 rings (SSSR count). The second kappa shape index (κ2) is 7.07. The van der Waals surface area contributed by atoms with Crippen LogP contribution in [-0.4, -0.2) is 34.3 Å². The quantitative estimate of drug-likeness (QED) is 0.650. The Balaban J connectivity index is 1.79. The molecule has 0 fully saturated rings. The summed E-state index contributed by atoms with van der Waals surface area (Å²) in [6.07, 6.45) is 0. The van der Waals surface area contributed by atoms with E-state index in [4.69, 9.17) is 4.74 Å². The number of fused-ring (bicyclic) bond motifs is 1. The van der Waals surface area contributed by atoms with Crippen LogP contribution in [0.3, 0.4) is 0 Å². The molecule has 3 aromatic rings. The Morgan fingerprint density at radius 1 is 1.23 bits per heavy atom. The van der Waals surface area contributed by atoms with Gasteiger partial charge in [-0.1, -0.05) is 15.9 Å². The van der Waals surface area contributed by atoms with Crippen molar-refractivity contribution in [3.8, 4) is 5.88 Å². The summed E-state index contributed by atoms with van der Waals surface area (Å²) < 4.78 is 8.44. The zero-order valence-corrected chi connectivity index (χ0v) is 17.1. The van der Waals surface area contributed by atoms with E-state index < -0.39 is 0 Å². The highest BCUT2D eigenvalue weighted by Gasteiger charge is 2.18. The Morgan fingerprint density at radius 2 is 1.96 bits per heavy atom. The molecule has 0 aliphatic rings. The summed E-state index contributed by atoms with van der Waals surface area (Å²) in [5, 5.41) is 5.22. The van der Waals surface area contributed by atoms with Crippen LogP contribution in [0.25, 0.3) is 11.0 Å². The average Bonchev–Trinajstić information content (AvgIpc) is 2.90. The zero-order chi connectivity index (χ0) is 19.0. The normalized spacial score (nSPS) is 11.0. The number of carbonyl (C=O) groups excluding carboxylic acids is 1. The lowest BCUT2D eigenvalue weighted by Gasteiger charge is -2.18. The van der Waals surface area contributed by atoms with E-state index >= 15 is 0 Å². The molecule has 0 spiro atoms. The van der Waals surface area contributed by atoms with Crippen molar-refractivity contribution >= 4 is 38.6 Å². The predicted molar refractivity (Wildman–Crippen MR) is 106 cm³/mol. The molecule has 0 atom stereocenters. The number of likely N-dealkylation sites (N-methyl/N-ethyl adjacent to an activating group) is 1. The fraction of sp³-hybridized carbons (Fsp3) is 0.316. The van der Waals surface area contributed by atoms with Crippen LogP contribution in [0.2, 0.25) is 0 Å². The number of aromatic nitrogens is 3. The largest absolute Gasteiger partial charge is 0.466 e. The first-order valence-corrected chi connectivity index (χ1v) is 9.03. The highest BCUT2D eigenvalue weighted by molar-refractivity contribution is 9.10. The van der Waals surface area contributed by atoms with Crippen LogP contribution < -0.4 is 9.64 Å². The standard InChI is InChI=1S/C19H21BrN4O2/c1-11-9-14(6-7-15(11)20)23(4)16(25)10-26-19-17-12(2)8-13(3)21-18(17)24(5)22-19/h6-9H,10H2,1-5H3. The number of amides is 1. The molecule has 0 aliphatic heterocycles. The van der Waals surface area contributed by atoms with Gasteiger partial charge in [0.15, 0.2) is 12.3 Å². The van der Waals surface area contributed by atoms with E-state index in [2.05, 4.69) is 26.0 Å². The summed E-state index contributed by atoms with van der Waals surface area (Å²) in [5.41, 5.74) is 4.59. The SMILES string of the molecule is Cc1cc(C)c2c(OCC(=O)N(C)c3ccc(Br)c(C)c3)nn(C)c2n1. The molecule has 136 valence electrons. The highest BCUT2D eigenvalue weighted by Crippen LogP contribution is 2.27. The second-order valence-corrected chi connectivity index (χ2v) is 7.24. The van der Waals surface area contributed by atoms with E-state index in [1.165, 1.54) is 0 Å². The predicted octanol–water partition coefficient (Wildman–Crippen LogP) is 3.70. The van der Waals surface area contributed by atoms with Gasteiger partial charge in [0.05, 0.1) is 5.39 Å². The van der Waals surface area contributed by atoms with Gasteiger partial charge >= 0.3 is 0 Å². The van der Waals surface area contributed by atoms with E-state index in [9.17, 15) is 4.79 Å². The first-order valence-electron chi connectivity index (χ1n) is 8.24. The van der Waals surface area contributed by atoms with Crippen molar-refractivity contribution in [1.82, 2.24) is 14.8 Å². The molecule has 0 radical (unpaired) electrons. The smallest absolute Gasteiger partial charge is 0.264 e. The Morgan fingerprint density at radius 3 is 2.65 bits per heavy atom. The Labute approximate surface area is 160 Å². The van der Waals surface area contributed by atoms with Crippen LogP contribution in [0.15, 0.2) is 28.7 Å². The van der Waals surface area contributed by atoms with Gasteiger partial charge in [0.1, 0.15) is 0 Å². The van der Waals surface area contributed by atoms with Gasteiger partial charge in [-0.3, -0.25) is 4.79 Å². The highest BCUT2D eigenvalue weighted by atomic mass is 79.9. The third-order valence-electron chi connectivity index (χ3n) is 4.32. The molecule has 0 unspecified atom stereocenters. The number of rotatable bonds is 4. The van der Waals surface area contributed by atoms with Gasteiger partial charge in [0, 0.05) is 29.9 Å². The molecule has 1 amide bonds. The van der Waals surface area contributed by atoms with Crippen molar-refractivity contribution in [2.45, 2.75) is 20.8 Å². The number of aryl methyl sites for hydroxylation is 4. The molecule has 0 aliphatic carbocycles. The fourth-order valence-electron chi connectivity index (χ4n) is 2.86. The van der Waals surface area contributed by atoms with E-state index in [0.717, 1.165) is 38.0 Å². The number of anilines is 1. The van der Waals surface area contributed by atoms with Crippen molar-refractivity contribution in [3.63, 3.8) is 0 Å². The van der Waals surface area contributed by atoms with Gasteiger partial charge in [0.25, 0.3) is 5.91 Å². The van der Waals surface area contributed by atoms with Crippen molar-refractivity contribution < 1.29 is 9.53 Å². The van der Waals surface area contributed by atoms with Crippen molar-refractivity contribution in [3.05, 3.63) is 45.6 Å². The number of halogens is 1. The van der Waals surface area contributed by atoms with Crippen molar-refractivity contribution in [2.24, 2.45) is 7.05 Å². The van der Waals surface area contributed by atoms with Gasteiger partial charge in [-0.2, -0.15) is 0 Å². The third-order valence-corrected chi connectivity index (χ3v) is 5.21. The number of ether oxygens (including phenoxy) is 1. The van der Waals surface area contributed by atoms with E-state index in [-0.39, 0.29) is 12.5 Å². The molecule has 0 N–H and O–H groups in total. The maximum Gasteiger partial charge on any atom is 0.264 e. The Bertz CT molecular complexity index is 997. The van der Waals surface area contributed by atoms with Gasteiger partial charge in [-0.05, 0) is 56.2 Å². The maximum absolute atomic E-state index is 12.5. The molecular weight excluding hydrogens is 396 g/mol. The monoisotopic (exact) mass is 416 g/mol. The summed E-state index contributed by atoms with van der Waals surface area (Å²) in [5.74, 6) is 0.282. The first-order chi connectivity index (χ1) is 12.3. The summed E-state index contributed by atoms with van der Waals surface area (Å²) in [7, 11) is 3.56. The minimum absolute atomic E-state index is 0.0922. The number of hydrogen-bond acceptors (Lipinski definition) is 4. The minimum Gasteiger partial charge on any atom is -0.466 e. The maximum atomic E-state index is 12.5. The van der Waals surface area contributed by atoms with E-state index in [1.54, 1.807) is 16.6 Å². The summed E-state index contributed by atoms with van der Waals surface area (Å²) in [4.78, 5) is 18.6. The average molecular weight is 417 g/mol. The summed E-state index contributed by atoms with van der Waals surface area (Å²) in [6.45, 7) is 5.83. The van der Waals surface area contributed by atoms with Crippen molar-refractivity contribution in [2.75, 3.05) is 18.6 Å². The van der Waals surface area contributed by atoms with Crippen LogP contribution >= 0.6 is 15.9 Å². The molecule has 0 bridgehead atoms. The molecule has 0 saturated carbocycles. The first kappa shape index (κ1) is 18.4. The van der Waals surface area contributed by atoms with Gasteiger partial charge in [-0.15, -0.1) is 5.10 Å². The molecule has 26 heavy (non-hydrogen) atoms. The lowest BCUT2D eigenvalue weighted by Crippen LogP contribution is -2.31. The molecule has 7 heteroatoms. The van der Waals surface area contributed by atoms with Gasteiger partial charge in [0.2, 0.25) is 5.88 Å². The minimum atomic E-state index is -0.150. The van der Waals surface area contributed by atoms with Gasteiger partial charge in [-0.25, -0.2) is 9.67 Å². The number of pyridine rings is 1. The summed E-state index contributed by atoms with van der Waals surface area (Å²) >= 11 is 3.47. The van der Waals surface area contributed by atoms with E-state index in [0.29, 0.717) is 5.88 Å². The number of nitrogens with zero attached hydrogens (tertiary/aromatic N) is 4. The molecule has 2 aromatic heterocycles. The molecule has 6 nitrogen and oxygen atoms in total. The van der Waals surface area contributed by atoms with Crippen LogP contribution in [0.4, 0.5) is 5.69 Å². The van der Waals surface area contributed by atoms with E-state index in [1.807, 2.05) is 52.1 Å². The van der Waals surface area contributed by atoms with Crippen molar-refractivity contribution in [1.29, 1.82) is 0 Å². The molecule has 1 aromatic carbocycles. The van der Waals surface area contributed by atoms with Gasteiger partial charge < -0.3 is 9.64 Å². The number of benzene rings is 1. The lowest BCUT2D eigenvalue weighted by atomic mass is 10.2. The summed E-state index contributed by atoms with van der Waals surface area (Å²) in [6, 6.07) is 7.76. The third kappa shape index (κ3) is 3.44.